The molecule has 0 aliphatic carbocycles. The number of allylic oxidation sites excluding steroid dienone is 2. The first-order valence-corrected chi connectivity index (χ1v) is 10.3. The van der Waals surface area contributed by atoms with E-state index in [-0.39, 0.29) is 31.0 Å². The van der Waals surface area contributed by atoms with Crippen molar-refractivity contribution in [1.82, 2.24) is 0 Å². The van der Waals surface area contributed by atoms with Crippen LogP contribution in [0.2, 0.25) is 0 Å². The summed E-state index contributed by atoms with van der Waals surface area (Å²) in [6.45, 7) is 2.67. The van der Waals surface area contributed by atoms with Crippen LogP contribution in [0.5, 0.6) is 0 Å². The van der Waals surface area contributed by atoms with Crippen molar-refractivity contribution in [2.45, 2.75) is 96.8 Å². The van der Waals surface area contributed by atoms with Crippen molar-refractivity contribution >= 4 is 8.25 Å². The third kappa shape index (κ3) is 25.1. The molecule has 0 bridgehead atoms. The molecule has 0 fully saturated rings. The molecule has 0 spiro atoms. The molecule has 1 atom stereocenters. The second-order valence-corrected chi connectivity index (χ2v) is 6.74. The Bertz CT molecular complexity index is 279. The summed E-state index contributed by atoms with van der Waals surface area (Å²) >= 11 is 0. The van der Waals surface area contributed by atoms with Crippen LogP contribution >= 0.6 is 8.25 Å². The van der Waals surface area contributed by atoms with Gasteiger partial charge in [-0.1, -0.05) is 76.9 Å². The Balaban J connectivity index is -0.00000220. The maximum Gasteiger partial charge on any atom is 1.00 e. The molecule has 1 N–H and O–H groups in total. The first-order chi connectivity index (χ1) is 10.8. The molecular weight excluding hydrogens is 318 g/mol. The molecular formula is C18H37NaO3P+. The normalized spacial score (nSPS) is 11.7. The summed E-state index contributed by atoms with van der Waals surface area (Å²) in [6, 6.07) is 0. The minimum absolute atomic E-state index is 0. The molecule has 0 aliphatic rings. The fourth-order valence-electron chi connectivity index (χ4n) is 2.49. The van der Waals surface area contributed by atoms with Gasteiger partial charge in [0.2, 0.25) is 0 Å². The maximum absolute atomic E-state index is 10.3. The van der Waals surface area contributed by atoms with Crippen LogP contribution in [0.15, 0.2) is 12.2 Å². The Hall–Kier alpha value is 0.760. The Morgan fingerprint density at radius 3 is 1.74 bits per heavy atom. The summed E-state index contributed by atoms with van der Waals surface area (Å²) in [4.78, 5) is 8.46. The molecule has 0 aromatic carbocycles. The van der Waals surface area contributed by atoms with E-state index in [1.165, 1.54) is 77.0 Å². The van der Waals surface area contributed by atoms with Crippen LogP contribution < -0.4 is 29.6 Å². The van der Waals surface area contributed by atoms with Gasteiger partial charge in [-0.25, -0.2) is 0 Å². The van der Waals surface area contributed by atoms with Crippen LogP contribution in [0, 0.1) is 0 Å². The van der Waals surface area contributed by atoms with Gasteiger partial charge in [0, 0.05) is 4.57 Å². The SMILES string of the molecule is CCCCCCCC/C=C\CCCCCCCCO[P+](=O)O.[H-].[Na+]. The molecule has 0 amide bonds. The molecule has 23 heavy (non-hydrogen) atoms. The number of unbranched alkanes of at least 4 members (excludes halogenated alkanes) is 12. The first-order valence-electron chi connectivity index (χ1n) is 9.21. The van der Waals surface area contributed by atoms with E-state index in [2.05, 4.69) is 23.6 Å². The van der Waals surface area contributed by atoms with Gasteiger partial charge in [0.05, 0.1) is 0 Å². The van der Waals surface area contributed by atoms with Crippen molar-refractivity contribution < 1.29 is 45.0 Å². The van der Waals surface area contributed by atoms with Crippen molar-refractivity contribution in [3.63, 3.8) is 0 Å². The molecule has 0 saturated heterocycles. The van der Waals surface area contributed by atoms with E-state index in [1.807, 2.05) is 0 Å². The van der Waals surface area contributed by atoms with Crippen molar-refractivity contribution in [2.24, 2.45) is 0 Å². The van der Waals surface area contributed by atoms with Crippen LogP contribution in [-0.2, 0) is 9.09 Å². The van der Waals surface area contributed by atoms with Gasteiger partial charge in [-0.05, 0) is 32.1 Å². The Morgan fingerprint density at radius 1 is 0.826 bits per heavy atom. The predicted molar refractivity (Wildman–Crippen MR) is 96.3 cm³/mol. The minimum Gasteiger partial charge on any atom is -1.00 e. The van der Waals surface area contributed by atoms with Gasteiger partial charge in [-0.15, -0.1) is 9.42 Å². The second kappa shape index (κ2) is 22.8. The standard InChI is InChI=1S/C18H35O3P.Na.H/c1-2-3-4-5-6-7-8-9-10-11-12-13-14-15-16-17-18-21-22(19)20;;/h9-10H,2-8,11-18H2,1H3;;/q;+1;-1/p+1/b10-9-;;. The van der Waals surface area contributed by atoms with E-state index in [0.717, 1.165) is 12.8 Å². The average molecular weight is 355 g/mol. The number of hydrogen-bond donors (Lipinski definition) is 1. The van der Waals surface area contributed by atoms with Crippen molar-refractivity contribution in [2.75, 3.05) is 6.61 Å². The summed E-state index contributed by atoms with van der Waals surface area (Å²) in [5.74, 6) is 0. The average Bonchev–Trinajstić information content (AvgIpc) is 2.50. The van der Waals surface area contributed by atoms with Gasteiger partial charge in [-0.2, -0.15) is 0 Å². The molecule has 1 unspecified atom stereocenters. The van der Waals surface area contributed by atoms with Gasteiger partial charge >= 0.3 is 37.8 Å². The Morgan fingerprint density at radius 2 is 1.26 bits per heavy atom. The summed E-state index contributed by atoms with van der Waals surface area (Å²) in [6.07, 6.45) is 22.4. The number of hydrogen-bond acceptors (Lipinski definition) is 2. The van der Waals surface area contributed by atoms with Crippen molar-refractivity contribution in [3.05, 3.63) is 12.2 Å². The zero-order chi connectivity index (χ0) is 16.3. The topological polar surface area (TPSA) is 46.5 Å². The number of rotatable bonds is 17. The van der Waals surface area contributed by atoms with Crippen LogP contribution in [0.1, 0.15) is 98.2 Å². The van der Waals surface area contributed by atoms with E-state index >= 15 is 0 Å². The zero-order valence-electron chi connectivity index (χ0n) is 16.5. The van der Waals surface area contributed by atoms with E-state index in [4.69, 9.17) is 4.89 Å². The summed E-state index contributed by atoms with van der Waals surface area (Å²) in [5, 5.41) is 0. The van der Waals surface area contributed by atoms with E-state index < -0.39 is 8.25 Å². The van der Waals surface area contributed by atoms with E-state index in [1.54, 1.807) is 0 Å². The largest absolute Gasteiger partial charge is 1.00 e. The molecule has 132 valence electrons. The molecule has 0 aromatic rings. The Labute approximate surface area is 168 Å². The second-order valence-electron chi connectivity index (χ2n) is 6.01. The van der Waals surface area contributed by atoms with Crippen LogP contribution in [0.4, 0.5) is 0 Å². The summed E-state index contributed by atoms with van der Waals surface area (Å²) < 4.78 is 14.9. The van der Waals surface area contributed by atoms with Gasteiger partial charge in [-0.3, -0.25) is 0 Å². The summed E-state index contributed by atoms with van der Waals surface area (Å²) in [7, 11) is -2.40. The van der Waals surface area contributed by atoms with Crippen LogP contribution in [0.3, 0.4) is 0 Å². The molecule has 0 aromatic heterocycles. The third-order valence-electron chi connectivity index (χ3n) is 3.86. The fourth-order valence-corrected chi connectivity index (χ4v) is 2.78. The van der Waals surface area contributed by atoms with Gasteiger partial charge in [0.25, 0.3) is 0 Å². The van der Waals surface area contributed by atoms with Crippen LogP contribution in [-0.4, -0.2) is 11.5 Å². The van der Waals surface area contributed by atoms with Gasteiger partial charge in [0.15, 0.2) is 0 Å². The zero-order valence-corrected chi connectivity index (χ0v) is 18.4. The van der Waals surface area contributed by atoms with E-state index in [9.17, 15) is 4.57 Å². The maximum atomic E-state index is 10.3. The quantitative estimate of drug-likeness (QED) is 0.187. The van der Waals surface area contributed by atoms with Gasteiger partial charge < -0.3 is 1.43 Å². The fraction of sp³-hybridized carbons (Fsp3) is 0.889. The van der Waals surface area contributed by atoms with E-state index in [0.29, 0.717) is 6.61 Å². The molecule has 3 nitrogen and oxygen atoms in total. The summed E-state index contributed by atoms with van der Waals surface area (Å²) in [5.41, 5.74) is 0. The molecule has 0 radical (unpaired) electrons. The minimum atomic E-state index is -2.40. The van der Waals surface area contributed by atoms with Crippen LogP contribution in [0.25, 0.3) is 0 Å². The predicted octanol–water partition coefficient (Wildman–Crippen LogP) is 3.81. The van der Waals surface area contributed by atoms with Crippen molar-refractivity contribution in [3.8, 4) is 0 Å². The Kier molecular flexibility index (Phi) is 25.7. The molecule has 0 heterocycles. The van der Waals surface area contributed by atoms with Crippen molar-refractivity contribution in [1.29, 1.82) is 0 Å². The smallest absolute Gasteiger partial charge is 1.00 e. The third-order valence-corrected chi connectivity index (χ3v) is 4.26. The molecule has 0 rings (SSSR count). The molecule has 5 heteroatoms. The first kappa shape index (κ1) is 26.0. The molecule has 0 saturated carbocycles. The monoisotopic (exact) mass is 355 g/mol. The van der Waals surface area contributed by atoms with Gasteiger partial charge in [0.1, 0.15) is 6.61 Å². The molecule has 0 aliphatic heterocycles.